The molecule has 0 unspecified atom stereocenters. The highest BCUT2D eigenvalue weighted by Gasteiger charge is 2.49. The second-order valence-electron chi connectivity index (χ2n) is 7.80. The molecule has 5 heteroatoms. The highest BCUT2D eigenvalue weighted by atomic mass is 19.1. The Morgan fingerprint density at radius 1 is 1.20 bits per heavy atom. The molecule has 0 saturated carbocycles. The summed E-state index contributed by atoms with van der Waals surface area (Å²) in [5, 5.41) is 0. The Morgan fingerprint density at radius 3 is 2.52 bits per heavy atom. The number of morpholine rings is 1. The Hall–Kier alpha value is -1.46. The van der Waals surface area contributed by atoms with Crippen LogP contribution in [0.2, 0.25) is 0 Å². The van der Waals surface area contributed by atoms with Gasteiger partial charge in [-0.05, 0) is 51.7 Å². The third kappa shape index (κ3) is 3.87. The molecule has 2 aliphatic heterocycles. The van der Waals surface area contributed by atoms with Crippen LogP contribution in [0.15, 0.2) is 24.3 Å². The van der Waals surface area contributed by atoms with Gasteiger partial charge in [-0.15, -0.1) is 0 Å². The van der Waals surface area contributed by atoms with E-state index in [9.17, 15) is 9.18 Å². The van der Waals surface area contributed by atoms with Gasteiger partial charge in [-0.3, -0.25) is 4.79 Å². The number of ether oxygens (including phenoxy) is 1. The van der Waals surface area contributed by atoms with E-state index in [0.29, 0.717) is 6.54 Å². The smallest absolute Gasteiger partial charge is 0.254 e. The number of benzene rings is 1. The van der Waals surface area contributed by atoms with E-state index in [-0.39, 0.29) is 17.3 Å². The fraction of sp³-hybridized carbons (Fsp3) is 0.650. The van der Waals surface area contributed by atoms with E-state index in [1.165, 1.54) is 6.07 Å². The van der Waals surface area contributed by atoms with E-state index < -0.39 is 5.60 Å². The number of likely N-dealkylation sites (tertiary alicyclic amines) is 1. The van der Waals surface area contributed by atoms with E-state index >= 15 is 0 Å². The van der Waals surface area contributed by atoms with Crippen molar-refractivity contribution in [3.8, 4) is 0 Å². The maximum atomic E-state index is 13.8. The van der Waals surface area contributed by atoms with Crippen LogP contribution in [-0.2, 0) is 16.0 Å². The number of likely N-dealkylation sites (N-methyl/N-ethyl adjacent to an activating group) is 1. The minimum atomic E-state index is -0.746. The zero-order valence-electron chi connectivity index (χ0n) is 15.6. The average Bonchev–Trinajstić information content (AvgIpc) is 2.59. The Kier molecular flexibility index (Phi) is 5.16. The molecule has 0 N–H and O–H groups in total. The minimum Gasteiger partial charge on any atom is -0.357 e. The summed E-state index contributed by atoms with van der Waals surface area (Å²) >= 11 is 0. The maximum Gasteiger partial charge on any atom is 0.254 e. The van der Waals surface area contributed by atoms with Crippen molar-refractivity contribution in [3.05, 3.63) is 35.6 Å². The molecule has 138 valence electrons. The van der Waals surface area contributed by atoms with Crippen LogP contribution < -0.4 is 0 Å². The summed E-state index contributed by atoms with van der Waals surface area (Å²) in [6, 6.07) is 7.00. The number of piperidine rings is 1. The van der Waals surface area contributed by atoms with Crippen LogP contribution >= 0.6 is 0 Å². The lowest BCUT2D eigenvalue weighted by Gasteiger charge is -2.52. The third-order valence-electron chi connectivity index (χ3n) is 5.56. The molecule has 2 saturated heterocycles. The van der Waals surface area contributed by atoms with Crippen LogP contribution in [0.25, 0.3) is 0 Å². The molecule has 25 heavy (non-hydrogen) atoms. The highest BCUT2D eigenvalue weighted by molar-refractivity contribution is 5.85. The van der Waals surface area contributed by atoms with Crippen LogP contribution in [0.4, 0.5) is 4.39 Å². The summed E-state index contributed by atoms with van der Waals surface area (Å²) in [5.41, 5.74) is -0.202. The Balaban J connectivity index is 1.58. The molecule has 3 rings (SSSR count). The van der Waals surface area contributed by atoms with Gasteiger partial charge in [0.2, 0.25) is 0 Å². The van der Waals surface area contributed by atoms with Crippen molar-refractivity contribution >= 4 is 5.91 Å². The molecule has 0 bridgehead atoms. The van der Waals surface area contributed by atoms with Crippen molar-refractivity contribution in [2.75, 3.05) is 32.7 Å². The van der Waals surface area contributed by atoms with E-state index in [4.69, 9.17) is 4.74 Å². The molecule has 4 nitrogen and oxygen atoms in total. The SMILES string of the molecule is CCN1CC2(CCN(CCc3ccccc3F)CC2)OC(C)(C)C1=O. The Labute approximate surface area is 149 Å². The van der Waals surface area contributed by atoms with Gasteiger partial charge in [0.25, 0.3) is 5.91 Å². The first kappa shape index (κ1) is 18.3. The molecule has 1 amide bonds. The maximum absolute atomic E-state index is 13.8. The van der Waals surface area contributed by atoms with E-state index in [0.717, 1.165) is 51.0 Å². The summed E-state index contributed by atoms with van der Waals surface area (Å²) in [6.45, 7) is 9.91. The van der Waals surface area contributed by atoms with Gasteiger partial charge in [-0.2, -0.15) is 0 Å². The second-order valence-corrected chi connectivity index (χ2v) is 7.80. The molecule has 0 aromatic heterocycles. The zero-order chi connectivity index (χ0) is 18.1. The summed E-state index contributed by atoms with van der Waals surface area (Å²) in [6.07, 6.45) is 2.56. The summed E-state index contributed by atoms with van der Waals surface area (Å²) in [7, 11) is 0. The predicted molar refractivity (Wildman–Crippen MR) is 95.9 cm³/mol. The number of nitrogens with zero attached hydrogens (tertiary/aromatic N) is 2. The molecule has 1 aromatic rings. The first-order valence-electron chi connectivity index (χ1n) is 9.30. The monoisotopic (exact) mass is 348 g/mol. The van der Waals surface area contributed by atoms with Crippen molar-refractivity contribution in [1.82, 2.24) is 9.80 Å². The molecule has 0 aliphatic carbocycles. The lowest BCUT2D eigenvalue weighted by Crippen LogP contribution is -2.65. The number of carbonyl (C=O) groups is 1. The largest absolute Gasteiger partial charge is 0.357 e. The molecule has 0 radical (unpaired) electrons. The highest BCUT2D eigenvalue weighted by Crippen LogP contribution is 2.37. The van der Waals surface area contributed by atoms with Crippen molar-refractivity contribution in [2.45, 2.75) is 51.2 Å². The van der Waals surface area contributed by atoms with Crippen molar-refractivity contribution in [1.29, 1.82) is 0 Å². The van der Waals surface area contributed by atoms with Gasteiger partial charge in [-0.1, -0.05) is 18.2 Å². The first-order valence-corrected chi connectivity index (χ1v) is 9.30. The fourth-order valence-corrected chi connectivity index (χ4v) is 4.10. The van der Waals surface area contributed by atoms with Crippen LogP contribution in [0.1, 0.15) is 39.2 Å². The van der Waals surface area contributed by atoms with Gasteiger partial charge in [0.15, 0.2) is 0 Å². The van der Waals surface area contributed by atoms with Crippen molar-refractivity contribution in [2.24, 2.45) is 0 Å². The number of rotatable bonds is 4. The summed E-state index contributed by atoms with van der Waals surface area (Å²) in [4.78, 5) is 16.7. The van der Waals surface area contributed by atoms with Crippen LogP contribution in [-0.4, -0.2) is 59.6 Å². The van der Waals surface area contributed by atoms with Gasteiger partial charge in [-0.25, -0.2) is 4.39 Å². The molecule has 2 fully saturated rings. The van der Waals surface area contributed by atoms with Crippen molar-refractivity contribution < 1.29 is 13.9 Å². The number of halogens is 1. The normalized spacial score (nSPS) is 23.2. The molecule has 1 aromatic carbocycles. The number of amides is 1. The first-order chi connectivity index (χ1) is 11.9. The number of hydrogen-bond acceptors (Lipinski definition) is 3. The lowest BCUT2D eigenvalue weighted by molar-refractivity contribution is -0.216. The van der Waals surface area contributed by atoms with Gasteiger partial charge in [0.05, 0.1) is 5.60 Å². The van der Waals surface area contributed by atoms with Gasteiger partial charge >= 0.3 is 0 Å². The quantitative estimate of drug-likeness (QED) is 0.839. The molecule has 0 atom stereocenters. The molecule has 2 heterocycles. The molecule has 1 spiro atoms. The number of hydrogen-bond donors (Lipinski definition) is 0. The van der Waals surface area contributed by atoms with Gasteiger partial charge < -0.3 is 14.5 Å². The fourth-order valence-electron chi connectivity index (χ4n) is 4.10. The molecular weight excluding hydrogens is 319 g/mol. The summed E-state index contributed by atoms with van der Waals surface area (Å²) < 4.78 is 20.1. The minimum absolute atomic E-state index is 0.0857. The molecule has 2 aliphatic rings. The Morgan fingerprint density at radius 2 is 1.88 bits per heavy atom. The van der Waals surface area contributed by atoms with Crippen LogP contribution in [0, 0.1) is 5.82 Å². The zero-order valence-corrected chi connectivity index (χ0v) is 15.6. The van der Waals surface area contributed by atoms with E-state index in [2.05, 4.69) is 4.90 Å². The second kappa shape index (κ2) is 7.04. The lowest BCUT2D eigenvalue weighted by atomic mass is 9.86. The van der Waals surface area contributed by atoms with Crippen LogP contribution in [0.3, 0.4) is 0 Å². The Bertz CT molecular complexity index is 624. The summed E-state index contributed by atoms with van der Waals surface area (Å²) in [5.74, 6) is -0.0342. The number of carbonyl (C=O) groups excluding carboxylic acids is 1. The predicted octanol–water partition coefficient (Wildman–Crippen LogP) is 2.86. The van der Waals surface area contributed by atoms with Crippen LogP contribution in [0.5, 0.6) is 0 Å². The average molecular weight is 348 g/mol. The topological polar surface area (TPSA) is 32.8 Å². The van der Waals surface area contributed by atoms with E-state index in [1.54, 1.807) is 6.07 Å². The third-order valence-corrected chi connectivity index (χ3v) is 5.56. The van der Waals surface area contributed by atoms with Gasteiger partial charge in [0.1, 0.15) is 11.4 Å². The standard InChI is InChI=1S/C20H29FN2O2/c1-4-23-15-20(25-19(2,3)18(23)24)10-13-22(14-11-20)12-9-16-7-5-6-8-17(16)21/h5-8H,4,9-15H2,1-3H3. The van der Waals surface area contributed by atoms with Gasteiger partial charge in [0, 0.05) is 32.7 Å². The van der Waals surface area contributed by atoms with E-state index in [1.807, 2.05) is 37.8 Å². The van der Waals surface area contributed by atoms with Crippen molar-refractivity contribution in [3.63, 3.8) is 0 Å². The molecular formula is C20H29FN2O2.